The van der Waals surface area contributed by atoms with Crippen molar-refractivity contribution in [1.29, 1.82) is 0 Å². The van der Waals surface area contributed by atoms with Crippen LogP contribution in [0.25, 0.3) is 0 Å². The highest BCUT2D eigenvalue weighted by Crippen LogP contribution is 2.33. The fraction of sp³-hybridized carbons (Fsp3) is 0.800. The van der Waals surface area contributed by atoms with Gasteiger partial charge in [-0.25, -0.2) is 0 Å². The molecular formula is C10H17N3O2. The van der Waals surface area contributed by atoms with Gasteiger partial charge in [0, 0.05) is 19.1 Å². The molecule has 2 saturated heterocycles. The van der Waals surface area contributed by atoms with Crippen LogP contribution >= 0.6 is 0 Å². The van der Waals surface area contributed by atoms with Crippen molar-refractivity contribution in [2.45, 2.75) is 31.3 Å². The summed E-state index contributed by atoms with van der Waals surface area (Å²) in [4.78, 5) is 22.7. The van der Waals surface area contributed by atoms with Crippen molar-refractivity contribution in [3.05, 3.63) is 0 Å². The molecular weight excluding hydrogens is 194 g/mol. The SMILES string of the molecule is CNC(=O)CNC(=O)C1CC2CCC1N2. The molecule has 3 N–H and O–H groups in total. The van der Waals surface area contributed by atoms with E-state index >= 15 is 0 Å². The number of nitrogens with one attached hydrogen (secondary N) is 3. The van der Waals surface area contributed by atoms with Crippen molar-refractivity contribution >= 4 is 11.8 Å². The molecule has 2 aliphatic heterocycles. The first kappa shape index (κ1) is 10.4. The third-order valence-electron chi connectivity index (χ3n) is 3.34. The smallest absolute Gasteiger partial charge is 0.239 e. The highest BCUT2D eigenvalue weighted by atomic mass is 16.2. The second-order valence-electron chi connectivity index (χ2n) is 4.28. The van der Waals surface area contributed by atoms with E-state index in [0.29, 0.717) is 12.1 Å². The maximum atomic E-state index is 11.7. The Morgan fingerprint density at radius 3 is 2.73 bits per heavy atom. The zero-order valence-electron chi connectivity index (χ0n) is 8.88. The van der Waals surface area contributed by atoms with Crippen molar-refractivity contribution in [2.24, 2.45) is 5.92 Å². The van der Waals surface area contributed by atoms with Gasteiger partial charge in [-0.05, 0) is 19.3 Å². The molecule has 3 unspecified atom stereocenters. The highest BCUT2D eigenvalue weighted by Gasteiger charge is 2.42. The summed E-state index contributed by atoms with van der Waals surface area (Å²) in [5.74, 6) is -0.0776. The summed E-state index contributed by atoms with van der Waals surface area (Å²) in [6.07, 6.45) is 3.19. The lowest BCUT2D eigenvalue weighted by Gasteiger charge is -2.18. The zero-order valence-corrected chi connectivity index (χ0v) is 8.88. The van der Waals surface area contributed by atoms with Gasteiger partial charge in [0.2, 0.25) is 11.8 Å². The lowest BCUT2D eigenvalue weighted by molar-refractivity contribution is -0.128. The molecule has 2 aliphatic rings. The van der Waals surface area contributed by atoms with E-state index in [4.69, 9.17) is 0 Å². The number of hydrogen-bond donors (Lipinski definition) is 3. The summed E-state index contributed by atoms with van der Waals surface area (Å²) in [5, 5.41) is 8.54. The Hall–Kier alpha value is -1.10. The van der Waals surface area contributed by atoms with E-state index in [0.717, 1.165) is 12.8 Å². The van der Waals surface area contributed by atoms with Gasteiger partial charge in [0.05, 0.1) is 12.5 Å². The molecule has 84 valence electrons. The number of carbonyl (C=O) groups is 2. The van der Waals surface area contributed by atoms with E-state index < -0.39 is 0 Å². The summed E-state index contributed by atoms with van der Waals surface area (Å²) < 4.78 is 0. The van der Waals surface area contributed by atoms with Gasteiger partial charge >= 0.3 is 0 Å². The van der Waals surface area contributed by atoms with Gasteiger partial charge in [-0.3, -0.25) is 9.59 Å². The monoisotopic (exact) mass is 211 g/mol. The maximum absolute atomic E-state index is 11.7. The van der Waals surface area contributed by atoms with Crippen molar-refractivity contribution in [1.82, 2.24) is 16.0 Å². The van der Waals surface area contributed by atoms with E-state index in [-0.39, 0.29) is 24.3 Å². The Kier molecular flexibility index (Phi) is 2.90. The molecule has 5 heteroatoms. The van der Waals surface area contributed by atoms with Crippen LogP contribution in [0.3, 0.4) is 0 Å². The molecule has 0 aromatic carbocycles. The minimum absolute atomic E-state index is 0.0123. The molecule has 15 heavy (non-hydrogen) atoms. The molecule has 2 rings (SSSR count). The number of rotatable bonds is 3. The van der Waals surface area contributed by atoms with Crippen LogP contribution < -0.4 is 16.0 Å². The number of likely N-dealkylation sites (N-methyl/N-ethyl adjacent to an activating group) is 1. The average Bonchev–Trinajstić information content (AvgIpc) is 2.86. The van der Waals surface area contributed by atoms with E-state index in [1.54, 1.807) is 7.05 Å². The number of carbonyl (C=O) groups excluding carboxylic acids is 2. The van der Waals surface area contributed by atoms with Crippen molar-refractivity contribution < 1.29 is 9.59 Å². The summed E-state index contributed by atoms with van der Waals surface area (Å²) >= 11 is 0. The van der Waals surface area contributed by atoms with Crippen molar-refractivity contribution in [3.8, 4) is 0 Å². The second kappa shape index (κ2) is 4.18. The second-order valence-corrected chi connectivity index (χ2v) is 4.28. The fourth-order valence-corrected chi connectivity index (χ4v) is 2.50. The molecule has 2 fully saturated rings. The van der Waals surface area contributed by atoms with Crippen molar-refractivity contribution in [3.63, 3.8) is 0 Å². The molecule has 0 aliphatic carbocycles. The summed E-state index contributed by atoms with van der Waals surface area (Å²) in [7, 11) is 1.56. The van der Waals surface area contributed by atoms with Gasteiger partial charge in [0.15, 0.2) is 0 Å². The molecule has 0 aromatic heterocycles. The third kappa shape index (κ3) is 2.12. The Bertz CT molecular complexity index is 280. The zero-order chi connectivity index (χ0) is 10.8. The first-order valence-corrected chi connectivity index (χ1v) is 5.45. The van der Waals surface area contributed by atoms with E-state index in [1.807, 2.05) is 0 Å². The molecule has 0 aromatic rings. The predicted molar refractivity (Wildman–Crippen MR) is 55.1 cm³/mol. The Morgan fingerprint density at radius 2 is 2.20 bits per heavy atom. The van der Waals surface area contributed by atoms with Gasteiger partial charge < -0.3 is 16.0 Å². The van der Waals surface area contributed by atoms with Crippen LogP contribution in [0.15, 0.2) is 0 Å². The minimum atomic E-state index is -0.153. The van der Waals surface area contributed by atoms with Crippen LogP contribution in [0.2, 0.25) is 0 Å². The molecule has 0 saturated carbocycles. The number of hydrogen-bond acceptors (Lipinski definition) is 3. The summed E-state index contributed by atoms with van der Waals surface area (Å²) in [6.45, 7) is 0.0865. The van der Waals surface area contributed by atoms with Gasteiger partial charge in [0.25, 0.3) is 0 Å². The Morgan fingerprint density at radius 1 is 1.40 bits per heavy atom. The van der Waals surface area contributed by atoms with Crippen LogP contribution in [0, 0.1) is 5.92 Å². The topological polar surface area (TPSA) is 70.2 Å². The van der Waals surface area contributed by atoms with E-state index in [1.165, 1.54) is 6.42 Å². The number of fused-ring (bicyclic) bond motifs is 2. The summed E-state index contributed by atoms with van der Waals surface area (Å²) in [6, 6.07) is 0.852. The van der Waals surface area contributed by atoms with E-state index in [2.05, 4.69) is 16.0 Å². The Balaban J connectivity index is 1.79. The van der Waals surface area contributed by atoms with Gasteiger partial charge in [-0.2, -0.15) is 0 Å². The van der Waals surface area contributed by atoms with Crippen LogP contribution in [0.4, 0.5) is 0 Å². The standard InChI is InChI=1S/C10H17N3O2/c1-11-9(14)5-12-10(15)7-4-6-2-3-8(7)13-6/h6-8,13H,2-5H2,1H3,(H,11,14)(H,12,15). The lowest BCUT2D eigenvalue weighted by Crippen LogP contribution is -2.41. The van der Waals surface area contributed by atoms with Gasteiger partial charge in [-0.15, -0.1) is 0 Å². The maximum Gasteiger partial charge on any atom is 0.239 e. The van der Waals surface area contributed by atoms with Gasteiger partial charge in [0.1, 0.15) is 0 Å². The third-order valence-corrected chi connectivity index (χ3v) is 3.34. The molecule has 2 heterocycles. The van der Waals surface area contributed by atoms with Crippen LogP contribution in [-0.4, -0.2) is 37.5 Å². The molecule has 2 bridgehead atoms. The van der Waals surface area contributed by atoms with Crippen LogP contribution in [0.1, 0.15) is 19.3 Å². The first-order valence-electron chi connectivity index (χ1n) is 5.45. The van der Waals surface area contributed by atoms with Crippen molar-refractivity contribution in [2.75, 3.05) is 13.6 Å². The molecule has 0 radical (unpaired) electrons. The largest absolute Gasteiger partial charge is 0.358 e. The lowest BCUT2D eigenvalue weighted by atomic mass is 9.88. The predicted octanol–water partition coefficient (Wildman–Crippen LogP) is -1.01. The van der Waals surface area contributed by atoms with Gasteiger partial charge in [-0.1, -0.05) is 0 Å². The Labute approximate surface area is 89.0 Å². The number of amides is 2. The first-order chi connectivity index (χ1) is 7.20. The summed E-state index contributed by atoms with van der Waals surface area (Å²) in [5.41, 5.74) is 0. The molecule has 2 amide bonds. The quantitative estimate of drug-likeness (QED) is 0.560. The highest BCUT2D eigenvalue weighted by molar-refractivity contribution is 5.86. The molecule has 0 spiro atoms. The van der Waals surface area contributed by atoms with Crippen LogP contribution in [-0.2, 0) is 9.59 Å². The minimum Gasteiger partial charge on any atom is -0.358 e. The fourth-order valence-electron chi connectivity index (χ4n) is 2.50. The molecule has 3 atom stereocenters. The normalized spacial score (nSPS) is 32.7. The molecule has 5 nitrogen and oxygen atoms in total. The average molecular weight is 211 g/mol. The van der Waals surface area contributed by atoms with E-state index in [9.17, 15) is 9.59 Å². The van der Waals surface area contributed by atoms with Crippen LogP contribution in [0.5, 0.6) is 0 Å².